The first-order chi connectivity index (χ1) is 16.4. The van der Waals surface area contributed by atoms with Gasteiger partial charge < -0.3 is 10.1 Å². The van der Waals surface area contributed by atoms with E-state index < -0.39 is 5.91 Å². The highest BCUT2D eigenvalue weighted by atomic mass is 19.1. The zero-order valence-corrected chi connectivity index (χ0v) is 19.2. The third-order valence-electron chi connectivity index (χ3n) is 5.78. The highest BCUT2D eigenvalue weighted by molar-refractivity contribution is 5.99. The lowest BCUT2D eigenvalue weighted by atomic mass is 10.1. The maximum Gasteiger partial charge on any atom is 0.251 e. The Labute approximate surface area is 196 Å². The summed E-state index contributed by atoms with van der Waals surface area (Å²) >= 11 is 0. The van der Waals surface area contributed by atoms with Crippen molar-refractivity contribution in [2.75, 3.05) is 18.6 Å². The third kappa shape index (κ3) is 5.56. The molecule has 1 N–H and O–H groups in total. The second-order valence-corrected chi connectivity index (χ2v) is 8.35. The van der Waals surface area contributed by atoms with Crippen molar-refractivity contribution in [3.63, 3.8) is 0 Å². The van der Waals surface area contributed by atoms with Crippen molar-refractivity contribution in [3.8, 4) is 17.1 Å². The number of tetrazole rings is 1. The van der Waals surface area contributed by atoms with E-state index in [0.717, 1.165) is 36.0 Å². The summed E-state index contributed by atoms with van der Waals surface area (Å²) in [6.07, 6.45) is 4.08. The van der Waals surface area contributed by atoms with Crippen LogP contribution in [0.2, 0.25) is 0 Å². The molecule has 0 aliphatic heterocycles. The third-order valence-corrected chi connectivity index (χ3v) is 5.78. The van der Waals surface area contributed by atoms with Crippen LogP contribution in [0, 0.1) is 12.7 Å². The molecule has 1 aromatic heterocycles. The number of hydrogen-bond acceptors (Lipinski definition) is 6. The Morgan fingerprint density at radius 2 is 1.91 bits per heavy atom. The van der Waals surface area contributed by atoms with Crippen LogP contribution in [0.1, 0.15) is 31.2 Å². The molecule has 3 aromatic rings. The summed E-state index contributed by atoms with van der Waals surface area (Å²) in [7, 11) is 1.52. The molecule has 178 valence electrons. The largest absolute Gasteiger partial charge is 0.495 e. The fourth-order valence-corrected chi connectivity index (χ4v) is 4.04. The van der Waals surface area contributed by atoms with Crippen LogP contribution in [-0.2, 0) is 16.1 Å². The first-order valence-electron chi connectivity index (χ1n) is 11.2. The summed E-state index contributed by atoms with van der Waals surface area (Å²) in [5.41, 5.74) is 1.99. The molecule has 0 bridgehead atoms. The Morgan fingerprint density at radius 1 is 1.18 bits per heavy atom. The molecule has 2 aromatic carbocycles. The van der Waals surface area contributed by atoms with Gasteiger partial charge in [0.15, 0.2) is 0 Å². The number of carbonyl (C=O) groups is 2. The van der Waals surface area contributed by atoms with E-state index in [1.807, 2.05) is 13.0 Å². The van der Waals surface area contributed by atoms with E-state index in [1.165, 1.54) is 36.3 Å². The van der Waals surface area contributed by atoms with Gasteiger partial charge in [-0.15, -0.1) is 10.2 Å². The Kier molecular flexibility index (Phi) is 7.15. The molecule has 1 saturated carbocycles. The Morgan fingerprint density at radius 3 is 2.62 bits per heavy atom. The maximum atomic E-state index is 13.4. The minimum atomic E-state index is -0.395. The van der Waals surface area contributed by atoms with E-state index in [0.29, 0.717) is 17.0 Å². The molecular weight excluding hydrogens is 439 g/mol. The molecular formula is C24H27FN6O3. The molecule has 2 amide bonds. The van der Waals surface area contributed by atoms with Crippen molar-refractivity contribution in [3.05, 3.63) is 53.8 Å². The second-order valence-electron chi connectivity index (χ2n) is 8.35. The van der Waals surface area contributed by atoms with Gasteiger partial charge in [-0.05, 0) is 66.9 Å². The Balaban J connectivity index is 1.55. The topological polar surface area (TPSA) is 102 Å². The molecule has 1 aliphatic rings. The summed E-state index contributed by atoms with van der Waals surface area (Å²) in [6, 6.07) is 11.3. The van der Waals surface area contributed by atoms with Crippen LogP contribution in [0.3, 0.4) is 0 Å². The van der Waals surface area contributed by atoms with Crippen molar-refractivity contribution in [2.24, 2.45) is 0 Å². The van der Waals surface area contributed by atoms with Crippen molar-refractivity contribution in [2.45, 2.75) is 45.2 Å². The summed E-state index contributed by atoms with van der Waals surface area (Å²) in [6.45, 7) is 1.51. The van der Waals surface area contributed by atoms with E-state index in [4.69, 9.17) is 4.74 Å². The average Bonchev–Trinajstić information content (AvgIpc) is 3.50. The van der Waals surface area contributed by atoms with Gasteiger partial charge in [-0.3, -0.25) is 14.5 Å². The molecule has 1 aliphatic carbocycles. The number of amides is 2. The minimum absolute atomic E-state index is 0.138. The Hall–Kier alpha value is -3.82. The number of ether oxygens (including phenoxy) is 1. The van der Waals surface area contributed by atoms with Crippen LogP contribution < -0.4 is 15.0 Å². The monoisotopic (exact) mass is 466 g/mol. The predicted molar refractivity (Wildman–Crippen MR) is 124 cm³/mol. The van der Waals surface area contributed by atoms with Crippen LogP contribution in [-0.4, -0.2) is 51.7 Å². The lowest BCUT2D eigenvalue weighted by molar-refractivity contribution is -0.124. The van der Waals surface area contributed by atoms with Gasteiger partial charge >= 0.3 is 0 Å². The molecule has 0 spiro atoms. The van der Waals surface area contributed by atoms with Crippen molar-refractivity contribution in [1.82, 2.24) is 25.5 Å². The summed E-state index contributed by atoms with van der Waals surface area (Å²) in [4.78, 5) is 28.7. The molecule has 0 unspecified atom stereocenters. The number of rotatable bonds is 8. The van der Waals surface area contributed by atoms with Gasteiger partial charge in [0.25, 0.3) is 5.91 Å². The maximum absolute atomic E-state index is 13.4. The minimum Gasteiger partial charge on any atom is -0.495 e. The Bertz CT molecular complexity index is 1160. The number of hydrogen-bond donors (Lipinski definition) is 1. The molecule has 0 saturated heterocycles. The van der Waals surface area contributed by atoms with Gasteiger partial charge in [0, 0.05) is 11.6 Å². The van der Waals surface area contributed by atoms with E-state index in [-0.39, 0.29) is 36.7 Å². The van der Waals surface area contributed by atoms with Crippen molar-refractivity contribution >= 4 is 17.5 Å². The molecule has 10 heteroatoms. The van der Waals surface area contributed by atoms with Crippen LogP contribution in [0.5, 0.6) is 5.75 Å². The summed E-state index contributed by atoms with van der Waals surface area (Å²) < 4.78 is 18.7. The van der Waals surface area contributed by atoms with Crippen LogP contribution >= 0.6 is 0 Å². The first-order valence-corrected chi connectivity index (χ1v) is 11.2. The molecule has 34 heavy (non-hydrogen) atoms. The zero-order chi connectivity index (χ0) is 24.1. The molecule has 9 nitrogen and oxygen atoms in total. The van der Waals surface area contributed by atoms with Crippen molar-refractivity contribution < 1.29 is 18.7 Å². The van der Waals surface area contributed by atoms with E-state index >= 15 is 0 Å². The fraction of sp³-hybridized carbons (Fsp3) is 0.375. The number of nitrogens with zero attached hydrogens (tertiary/aromatic N) is 5. The van der Waals surface area contributed by atoms with Gasteiger partial charge in [0.05, 0.1) is 12.8 Å². The SMILES string of the molecule is COc1ccc(C)cc1N(CC(=O)NC1CCCC1)C(=O)Cn1nnc(-c2ccc(F)cc2)n1. The average molecular weight is 467 g/mol. The number of benzene rings is 2. The number of carbonyl (C=O) groups excluding carboxylic acids is 2. The van der Waals surface area contributed by atoms with E-state index in [1.54, 1.807) is 12.1 Å². The molecule has 4 rings (SSSR count). The smallest absolute Gasteiger partial charge is 0.251 e. The first kappa shape index (κ1) is 23.3. The number of aryl methyl sites for hydroxylation is 1. The molecule has 1 heterocycles. The van der Waals surface area contributed by atoms with Gasteiger partial charge in [0.1, 0.15) is 24.7 Å². The normalized spacial score (nSPS) is 13.6. The summed E-state index contributed by atoms with van der Waals surface area (Å²) in [5, 5.41) is 15.2. The number of aromatic nitrogens is 4. The lowest BCUT2D eigenvalue weighted by Crippen LogP contribution is -2.45. The van der Waals surface area contributed by atoms with Crippen LogP contribution in [0.25, 0.3) is 11.4 Å². The number of nitrogens with one attached hydrogen (secondary N) is 1. The van der Waals surface area contributed by atoms with E-state index in [9.17, 15) is 14.0 Å². The van der Waals surface area contributed by atoms with E-state index in [2.05, 4.69) is 20.7 Å². The highest BCUT2D eigenvalue weighted by Gasteiger charge is 2.25. The highest BCUT2D eigenvalue weighted by Crippen LogP contribution is 2.30. The van der Waals surface area contributed by atoms with Gasteiger partial charge in [-0.2, -0.15) is 4.80 Å². The lowest BCUT2D eigenvalue weighted by Gasteiger charge is -2.25. The zero-order valence-electron chi connectivity index (χ0n) is 19.2. The number of methoxy groups -OCH3 is 1. The molecule has 0 radical (unpaired) electrons. The second kappa shape index (κ2) is 10.4. The molecule has 1 fully saturated rings. The van der Waals surface area contributed by atoms with Crippen LogP contribution in [0.15, 0.2) is 42.5 Å². The summed E-state index contributed by atoms with van der Waals surface area (Å²) in [5.74, 6) is -0.251. The van der Waals surface area contributed by atoms with Crippen LogP contribution in [0.4, 0.5) is 10.1 Å². The van der Waals surface area contributed by atoms with Gasteiger partial charge in [-0.1, -0.05) is 18.9 Å². The van der Waals surface area contributed by atoms with Gasteiger partial charge in [-0.25, -0.2) is 4.39 Å². The number of halogens is 1. The fourth-order valence-electron chi connectivity index (χ4n) is 4.04. The molecule has 0 atom stereocenters. The predicted octanol–water partition coefficient (Wildman–Crippen LogP) is 2.89. The van der Waals surface area contributed by atoms with Crippen molar-refractivity contribution in [1.29, 1.82) is 0 Å². The number of anilines is 1. The standard InChI is InChI=1S/C24H27FN6O3/c1-16-7-12-21(34-2)20(13-16)30(14-22(32)26-19-5-3-4-6-19)23(33)15-31-28-24(27-29-31)17-8-10-18(25)11-9-17/h7-13,19H,3-6,14-15H2,1-2H3,(H,26,32). The van der Waals surface area contributed by atoms with Gasteiger partial charge in [0.2, 0.25) is 11.7 Å². The quantitative estimate of drug-likeness (QED) is 0.548.